The number of hydrogen-bond donors (Lipinski definition) is 3. The Morgan fingerprint density at radius 2 is 1.68 bits per heavy atom. The summed E-state index contributed by atoms with van der Waals surface area (Å²) >= 11 is 0. The lowest BCUT2D eigenvalue weighted by atomic mass is 9.90. The number of phenolic OH excluding ortho intramolecular Hbond substituents is 1. The zero-order chi connectivity index (χ0) is 31.9. The monoisotopic (exact) mass is 603 g/mol. The molecule has 0 aliphatic carbocycles. The molecule has 10 heteroatoms. The first-order valence-corrected chi connectivity index (χ1v) is 14.8. The molecule has 0 saturated carbocycles. The predicted octanol–water partition coefficient (Wildman–Crippen LogP) is 5.21. The van der Waals surface area contributed by atoms with Gasteiger partial charge in [0.05, 0.1) is 25.7 Å². The zero-order valence-corrected chi connectivity index (χ0v) is 25.5. The Hall–Kier alpha value is -4.70. The van der Waals surface area contributed by atoms with E-state index in [9.17, 15) is 24.3 Å². The number of nitrogens with one attached hydrogen (secondary N) is 2. The summed E-state index contributed by atoms with van der Waals surface area (Å²) in [5, 5.41) is 17.0. The van der Waals surface area contributed by atoms with Gasteiger partial charge in [0, 0.05) is 5.56 Å². The predicted molar refractivity (Wildman–Crippen MR) is 166 cm³/mol. The van der Waals surface area contributed by atoms with Gasteiger partial charge in [0.2, 0.25) is 12.3 Å². The number of phenols is 1. The van der Waals surface area contributed by atoms with E-state index in [1.54, 1.807) is 30.3 Å². The van der Waals surface area contributed by atoms with Crippen LogP contribution in [0.15, 0.2) is 72.8 Å². The highest BCUT2D eigenvalue weighted by Crippen LogP contribution is 2.28. The highest BCUT2D eigenvalue weighted by Gasteiger charge is 2.32. The lowest BCUT2D eigenvalue weighted by Gasteiger charge is -2.32. The van der Waals surface area contributed by atoms with E-state index >= 15 is 0 Å². The molecule has 0 spiro atoms. The van der Waals surface area contributed by atoms with E-state index in [-0.39, 0.29) is 30.5 Å². The fraction of sp³-hybridized carbons (Fsp3) is 0.353. The number of hydrogen-bond acceptors (Lipinski definition) is 7. The standard InChI is InChI=1S/C34H41N3O7/c1-4-6-8-16-28(30(5-2)37(23-38)44-21-24-12-9-7-10-13-24)33(41)36-22-35-32(40)27-15-11-14-25(19-27)26-17-18-29(31(39)20-26)34(42)43-3/h7,9-15,17-20,23,28,30,39H,4-6,8,16,21-22H2,1-3H3,(H,35,40)(H,36,41)/t28-,30-/m1/s1. The molecular formula is C34H41N3O7. The van der Waals surface area contributed by atoms with E-state index in [0.29, 0.717) is 35.9 Å². The summed E-state index contributed by atoms with van der Waals surface area (Å²) in [6, 6.07) is 20.3. The molecule has 0 saturated heterocycles. The smallest absolute Gasteiger partial charge is 0.341 e. The maximum atomic E-state index is 13.4. The summed E-state index contributed by atoms with van der Waals surface area (Å²) < 4.78 is 4.67. The molecule has 0 aromatic heterocycles. The Morgan fingerprint density at radius 1 is 0.932 bits per heavy atom. The van der Waals surface area contributed by atoms with E-state index in [1.807, 2.05) is 37.3 Å². The average Bonchev–Trinajstić information content (AvgIpc) is 3.05. The van der Waals surface area contributed by atoms with Crippen LogP contribution in [0.2, 0.25) is 0 Å². The summed E-state index contributed by atoms with van der Waals surface area (Å²) in [7, 11) is 1.23. The van der Waals surface area contributed by atoms with Gasteiger partial charge in [-0.1, -0.05) is 81.6 Å². The number of carbonyl (C=O) groups excluding carboxylic acids is 4. The highest BCUT2D eigenvalue weighted by molar-refractivity contribution is 5.96. The first-order chi connectivity index (χ1) is 21.3. The molecule has 0 radical (unpaired) electrons. The molecule has 0 aliphatic heterocycles. The van der Waals surface area contributed by atoms with Crippen molar-refractivity contribution in [1.82, 2.24) is 15.7 Å². The van der Waals surface area contributed by atoms with Gasteiger partial charge in [-0.15, -0.1) is 0 Å². The van der Waals surface area contributed by atoms with Crippen molar-refractivity contribution in [3.05, 3.63) is 89.5 Å². The minimum Gasteiger partial charge on any atom is -0.507 e. The largest absolute Gasteiger partial charge is 0.507 e. The quantitative estimate of drug-likeness (QED) is 0.0634. The third-order valence-electron chi connectivity index (χ3n) is 7.36. The second-order valence-corrected chi connectivity index (χ2v) is 10.3. The second kappa shape index (κ2) is 17.4. The molecule has 0 aliphatic rings. The third-order valence-corrected chi connectivity index (χ3v) is 7.36. The summed E-state index contributed by atoms with van der Waals surface area (Å²) in [4.78, 5) is 56.0. The fourth-order valence-electron chi connectivity index (χ4n) is 4.96. The number of methoxy groups -OCH3 is 1. The molecule has 0 fully saturated rings. The SMILES string of the molecule is CCCCC[C@@H](C(=O)NCNC(=O)c1cccc(-c2ccc(C(=O)OC)c(O)c2)c1)[C@@H](CC)N(C=O)OCc1ccccc1. The molecule has 2 atom stereocenters. The number of hydroxylamine groups is 2. The molecular weight excluding hydrogens is 562 g/mol. The van der Waals surface area contributed by atoms with Gasteiger partial charge in [-0.3, -0.25) is 19.2 Å². The Morgan fingerprint density at radius 3 is 2.34 bits per heavy atom. The third kappa shape index (κ3) is 9.40. The Balaban J connectivity index is 1.65. The van der Waals surface area contributed by atoms with Crippen molar-refractivity contribution in [3.63, 3.8) is 0 Å². The van der Waals surface area contributed by atoms with E-state index in [1.165, 1.54) is 24.3 Å². The van der Waals surface area contributed by atoms with Gasteiger partial charge in [-0.2, -0.15) is 0 Å². The van der Waals surface area contributed by atoms with Crippen molar-refractivity contribution in [2.75, 3.05) is 13.8 Å². The van der Waals surface area contributed by atoms with Crippen LogP contribution < -0.4 is 10.6 Å². The zero-order valence-electron chi connectivity index (χ0n) is 25.5. The van der Waals surface area contributed by atoms with Gasteiger partial charge in [-0.05, 0) is 53.8 Å². The summed E-state index contributed by atoms with van der Waals surface area (Å²) in [5.41, 5.74) is 2.55. The fourth-order valence-corrected chi connectivity index (χ4v) is 4.96. The minimum absolute atomic E-state index is 0.0400. The lowest BCUT2D eigenvalue weighted by molar-refractivity contribution is -0.200. The van der Waals surface area contributed by atoms with Crippen LogP contribution in [-0.4, -0.2) is 54.2 Å². The van der Waals surface area contributed by atoms with Gasteiger partial charge in [0.1, 0.15) is 17.9 Å². The molecule has 0 bridgehead atoms. The summed E-state index contributed by atoms with van der Waals surface area (Å²) in [6.07, 6.45) is 4.43. The molecule has 3 N–H and O–H groups in total. The number of benzene rings is 3. The number of amides is 3. The maximum absolute atomic E-state index is 13.4. The molecule has 10 nitrogen and oxygen atoms in total. The molecule has 234 valence electrons. The second-order valence-electron chi connectivity index (χ2n) is 10.3. The van der Waals surface area contributed by atoms with Crippen molar-refractivity contribution in [1.29, 1.82) is 0 Å². The van der Waals surface area contributed by atoms with Crippen molar-refractivity contribution in [2.24, 2.45) is 5.92 Å². The number of unbranched alkanes of at least 4 members (excludes halogenated alkanes) is 2. The van der Waals surface area contributed by atoms with Crippen LogP contribution in [0.3, 0.4) is 0 Å². The van der Waals surface area contributed by atoms with Crippen LogP contribution in [0.25, 0.3) is 11.1 Å². The number of rotatable bonds is 17. The van der Waals surface area contributed by atoms with Crippen LogP contribution in [0, 0.1) is 5.92 Å². The molecule has 3 aromatic rings. The van der Waals surface area contributed by atoms with Gasteiger partial charge in [0.25, 0.3) is 5.91 Å². The number of ether oxygens (including phenoxy) is 1. The van der Waals surface area contributed by atoms with Gasteiger partial charge in [-0.25, -0.2) is 9.86 Å². The number of esters is 1. The van der Waals surface area contributed by atoms with Crippen LogP contribution in [-0.2, 0) is 25.8 Å². The normalized spacial score (nSPS) is 12.1. The van der Waals surface area contributed by atoms with E-state index in [2.05, 4.69) is 22.3 Å². The number of nitrogens with zero attached hydrogens (tertiary/aromatic N) is 1. The van der Waals surface area contributed by atoms with Crippen LogP contribution >= 0.6 is 0 Å². The van der Waals surface area contributed by atoms with Crippen LogP contribution in [0.1, 0.15) is 72.2 Å². The van der Waals surface area contributed by atoms with Crippen molar-refractivity contribution in [3.8, 4) is 16.9 Å². The molecule has 0 heterocycles. The van der Waals surface area contributed by atoms with Crippen LogP contribution in [0.5, 0.6) is 5.75 Å². The van der Waals surface area contributed by atoms with Crippen molar-refractivity contribution >= 4 is 24.2 Å². The highest BCUT2D eigenvalue weighted by atomic mass is 16.7. The summed E-state index contributed by atoms with van der Waals surface area (Å²) in [6.45, 7) is 4.08. The molecule has 44 heavy (non-hydrogen) atoms. The molecule has 3 amide bonds. The topological polar surface area (TPSA) is 134 Å². The maximum Gasteiger partial charge on any atom is 0.341 e. The van der Waals surface area contributed by atoms with Crippen LogP contribution in [0.4, 0.5) is 0 Å². The molecule has 3 aromatic carbocycles. The molecule has 3 rings (SSSR count). The first kappa shape index (κ1) is 33.8. The molecule has 0 unspecified atom stereocenters. The van der Waals surface area contributed by atoms with Crippen molar-refractivity contribution in [2.45, 2.75) is 58.6 Å². The Kier molecular flexibility index (Phi) is 13.4. The van der Waals surface area contributed by atoms with E-state index in [4.69, 9.17) is 4.84 Å². The van der Waals surface area contributed by atoms with E-state index in [0.717, 1.165) is 24.8 Å². The first-order valence-electron chi connectivity index (χ1n) is 14.8. The van der Waals surface area contributed by atoms with Gasteiger partial charge < -0.3 is 20.5 Å². The number of aromatic hydroxyl groups is 1. The Labute approximate surface area is 258 Å². The lowest BCUT2D eigenvalue weighted by Crippen LogP contribution is -2.48. The summed E-state index contributed by atoms with van der Waals surface area (Å²) in [5.74, 6) is -2.10. The van der Waals surface area contributed by atoms with Gasteiger partial charge >= 0.3 is 5.97 Å². The van der Waals surface area contributed by atoms with Gasteiger partial charge in [0.15, 0.2) is 0 Å². The average molecular weight is 604 g/mol. The Bertz CT molecular complexity index is 1400. The minimum atomic E-state index is -0.652. The van der Waals surface area contributed by atoms with E-state index < -0.39 is 23.8 Å². The van der Waals surface area contributed by atoms with Crippen molar-refractivity contribution < 1.29 is 33.9 Å². The number of carbonyl (C=O) groups is 4.